The van der Waals surface area contributed by atoms with Gasteiger partial charge in [0.2, 0.25) is 0 Å². The number of para-hydroxylation sites is 2. The van der Waals surface area contributed by atoms with Crippen LogP contribution in [-0.2, 0) is 0 Å². The molecule has 1 aromatic heterocycles. The van der Waals surface area contributed by atoms with E-state index >= 15 is 0 Å². The summed E-state index contributed by atoms with van der Waals surface area (Å²) in [6, 6.07) is 96.7. The summed E-state index contributed by atoms with van der Waals surface area (Å²) in [4.78, 5) is 0. The fourth-order valence-electron chi connectivity index (χ4n) is 9.74. The Kier molecular flexibility index (Phi) is 9.61. The minimum atomic E-state index is -3.18. The van der Waals surface area contributed by atoms with Crippen LogP contribution in [-0.4, -0.2) is 12.6 Å². The zero-order valence-corrected chi connectivity index (χ0v) is 35.3. The molecule has 1 nitrogen and oxygen atoms in total. The Hall–Kier alpha value is -7.78. The molecule has 0 radical (unpaired) electrons. The predicted molar refractivity (Wildman–Crippen MR) is 266 cm³/mol. The number of rotatable bonds is 9. The molecule has 0 aliphatic heterocycles. The van der Waals surface area contributed by atoms with Gasteiger partial charge < -0.3 is 4.57 Å². The summed E-state index contributed by atoms with van der Waals surface area (Å²) >= 11 is 0. The van der Waals surface area contributed by atoms with Crippen molar-refractivity contribution in [3.8, 4) is 50.2 Å². The van der Waals surface area contributed by atoms with Crippen LogP contribution < -0.4 is 20.7 Å². The molecule has 0 saturated carbocycles. The van der Waals surface area contributed by atoms with Gasteiger partial charge >= 0.3 is 0 Å². The van der Waals surface area contributed by atoms with Crippen LogP contribution in [0.3, 0.4) is 0 Å². The maximum absolute atomic E-state index is 3.18. The molecule has 0 fully saturated rings. The summed E-state index contributed by atoms with van der Waals surface area (Å²) in [5.41, 5.74) is 13.1. The quantitative estimate of drug-likeness (QED) is 0.101. The highest BCUT2D eigenvalue weighted by atomic mass is 28.3. The molecule has 0 spiro atoms. The minimum absolute atomic E-state index is 1.18. The first-order valence-electron chi connectivity index (χ1n) is 21.4. The summed E-state index contributed by atoms with van der Waals surface area (Å²) in [5, 5.41) is 7.80. The molecule has 11 aromatic rings. The van der Waals surface area contributed by atoms with Gasteiger partial charge in [0, 0.05) is 21.9 Å². The van der Waals surface area contributed by atoms with Gasteiger partial charge in [0.05, 0.1) is 16.7 Å². The van der Waals surface area contributed by atoms with Crippen molar-refractivity contribution in [1.29, 1.82) is 0 Å². The monoisotopic (exact) mass is 805 g/mol. The molecule has 10 aromatic carbocycles. The van der Waals surface area contributed by atoms with Crippen LogP contribution >= 0.6 is 0 Å². The molecule has 11 rings (SSSR count). The molecule has 0 aliphatic carbocycles. The van der Waals surface area contributed by atoms with E-state index in [1.165, 1.54) is 92.7 Å². The lowest BCUT2D eigenvalue weighted by atomic mass is 9.95. The van der Waals surface area contributed by atoms with Gasteiger partial charge in [0.1, 0.15) is 0 Å². The molecule has 62 heavy (non-hydrogen) atoms. The third-order valence-electron chi connectivity index (χ3n) is 12.5. The molecule has 1 heterocycles. The van der Waals surface area contributed by atoms with Crippen LogP contribution in [0.4, 0.5) is 0 Å². The molecule has 0 aliphatic rings. The Morgan fingerprint density at radius 1 is 0.242 bits per heavy atom. The number of hydrogen-bond acceptors (Lipinski definition) is 0. The highest BCUT2D eigenvalue weighted by Crippen LogP contribution is 2.41. The summed E-state index contributed by atoms with van der Waals surface area (Å²) in [5.74, 6) is 0. The number of aromatic nitrogens is 1. The number of fused-ring (bicyclic) bond motifs is 3. The topological polar surface area (TPSA) is 4.93 Å². The van der Waals surface area contributed by atoms with E-state index in [9.17, 15) is 0 Å². The molecule has 0 saturated heterocycles. The van der Waals surface area contributed by atoms with Crippen molar-refractivity contribution in [3.63, 3.8) is 0 Å². The summed E-state index contributed by atoms with van der Waals surface area (Å²) in [6.45, 7) is 0. The van der Waals surface area contributed by atoms with Crippen molar-refractivity contribution in [1.82, 2.24) is 4.57 Å². The molecule has 0 amide bonds. The second-order valence-corrected chi connectivity index (χ2v) is 19.8. The third kappa shape index (κ3) is 6.41. The van der Waals surface area contributed by atoms with E-state index in [1.54, 1.807) is 0 Å². The largest absolute Gasteiger partial charge is 0.308 e. The molecule has 292 valence electrons. The van der Waals surface area contributed by atoms with Crippen molar-refractivity contribution in [2.75, 3.05) is 0 Å². The molecule has 0 bridgehead atoms. The van der Waals surface area contributed by atoms with Crippen LogP contribution in [0.5, 0.6) is 0 Å². The lowest BCUT2D eigenvalue weighted by Gasteiger charge is -2.36. The standard InChI is InChI=1S/C60H43NSi/c1-6-22-44(23-7-1)48-30-20-34-51(40-48)62(50-32-14-5-15-33-50,52-35-21-31-49(41-52)45-24-8-2-9-25-45)53-42-56(46-26-10-3-11-27-46)60(57(43-53)47-28-12-4-13-29-47)61-58-38-18-16-36-54(58)55-37-17-19-39-59(55)61/h1-43H. The van der Waals surface area contributed by atoms with Gasteiger partial charge in [-0.15, -0.1) is 0 Å². The summed E-state index contributed by atoms with van der Waals surface area (Å²) in [7, 11) is -3.18. The zero-order valence-electron chi connectivity index (χ0n) is 34.3. The average molecular weight is 806 g/mol. The van der Waals surface area contributed by atoms with Crippen LogP contribution in [0.2, 0.25) is 0 Å². The van der Waals surface area contributed by atoms with E-state index in [4.69, 9.17) is 0 Å². The molecule has 2 heteroatoms. The van der Waals surface area contributed by atoms with Crippen LogP contribution in [0.15, 0.2) is 261 Å². The highest BCUT2D eigenvalue weighted by molar-refractivity contribution is 7.20. The van der Waals surface area contributed by atoms with Gasteiger partial charge in [-0.25, -0.2) is 0 Å². The van der Waals surface area contributed by atoms with Gasteiger partial charge in [0.15, 0.2) is 8.07 Å². The van der Waals surface area contributed by atoms with E-state index in [2.05, 4.69) is 265 Å². The Balaban J connectivity index is 1.33. The van der Waals surface area contributed by atoms with E-state index in [-0.39, 0.29) is 0 Å². The molecular weight excluding hydrogens is 763 g/mol. The van der Waals surface area contributed by atoms with Crippen molar-refractivity contribution in [2.24, 2.45) is 0 Å². The normalized spacial score (nSPS) is 11.5. The fourth-order valence-corrected chi connectivity index (χ4v) is 14.6. The van der Waals surface area contributed by atoms with Crippen LogP contribution in [0, 0.1) is 0 Å². The lowest BCUT2D eigenvalue weighted by Crippen LogP contribution is -2.74. The van der Waals surface area contributed by atoms with Gasteiger partial charge in [-0.3, -0.25) is 0 Å². The smallest absolute Gasteiger partial charge is 0.179 e. The Morgan fingerprint density at radius 2 is 0.581 bits per heavy atom. The highest BCUT2D eigenvalue weighted by Gasteiger charge is 2.43. The van der Waals surface area contributed by atoms with Crippen molar-refractivity contribution < 1.29 is 0 Å². The molecule has 0 unspecified atom stereocenters. The number of benzene rings is 10. The number of nitrogens with zero attached hydrogens (tertiary/aromatic N) is 1. The third-order valence-corrected chi connectivity index (χ3v) is 17.2. The van der Waals surface area contributed by atoms with Crippen molar-refractivity contribution in [2.45, 2.75) is 0 Å². The molecule has 0 N–H and O–H groups in total. The Labute approximate surface area is 364 Å². The van der Waals surface area contributed by atoms with E-state index in [1.807, 2.05) is 0 Å². The van der Waals surface area contributed by atoms with Crippen LogP contribution in [0.25, 0.3) is 72.0 Å². The van der Waals surface area contributed by atoms with E-state index in [0.29, 0.717) is 0 Å². The van der Waals surface area contributed by atoms with Crippen molar-refractivity contribution >= 4 is 50.6 Å². The summed E-state index contributed by atoms with van der Waals surface area (Å²) < 4.78 is 2.52. The Morgan fingerprint density at radius 3 is 1.02 bits per heavy atom. The van der Waals surface area contributed by atoms with Crippen molar-refractivity contribution in [3.05, 3.63) is 261 Å². The minimum Gasteiger partial charge on any atom is -0.308 e. The van der Waals surface area contributed by atoms with Gasteiger partial charge in [-0.05, 0) is 66.3 Å². The second-order valence-electron chi connectivity index (χ2n) is 16.0. The van der Waals surface area contributed by atoms with Crippen LogP contribution in [0.1, 0.15) is 0 Å². The van der Waals surface area contributed by atoms with E-state index in [0.717, 1.165) is 0 Å². The maximum atomic E-state index is 2.56. The maximum Gasteiger partial charge on any atom is 0.179 e. The van der Waals surface area contributed by atoms with Gasteiger partial charge in [-0.1, -0.05) is 249 Å². The average Bonchev–Trinajstić information content (AvgIpc) is 3.69. The SMILES string of the molecule is c1ccc(-c2cccc([Si](c3ccccc3)(c3cccc(-c4ccccc4)c3)c3cc(-c4ccccc4)c(-n4c5ccccc5c5ccccc54)c(-c4ccccc4)c3)c2)cc1. The first-order chi connectivity index (χ1) is 30.8. The Bertz CT molecular complexity index is 3120. The fraction of sp³-hybridized carbons (Fsp3) is 0. The van der Waals surface area contributed by atoms with E-state index < -0.39 is 8.07 Å². The predicted octanol–water partition coefficient (Wildman–Crippen LogP) is 12.8. The zero-order chi connectivity index (χ0) is 41.3. The lowest BCUT2D eigenvalue weighted by molar-refractivity contribution is 1.18. The first kappa shape index (κ1) is 37.2. The van der Waals surface area contributed by atoms with Gasteiger partial charge in [-0.2, -0.15) is 0 Å². The molecule has 0 atom stereocenters. The molecular formula is C60H43NSi. The first-order valence-corrected chi connectivity index (χ1v) is 23.4. The second kappa shape index (κ2) is 16.0. The van der Waals surface area contributed by atoms with Gasteiger partial charge in [0.25, 0.3) is 0 Å². The summed E-state index contributed by atoms with van der Waals surface area (Å²) in [6.07, 6.45) is 0. The number of hydrogen-bond donors (Lipinski definition) is 0.